The fourth-order valence-corrected chi connectivity index (χ4v) is 2.22. The highest BCUT2D eigenvalue weighted by Crippen LogP contribution is 2.33. The van der Waals surface area contributed by atoms with Gasteiger partial charge in [0.25, 0.3) is 5.69 Å². The topological polar surface area (TPSA) is 66.6 Å². The molecule has 1 aliphatic rings. The largest absolute Gasteiger partial charge is 0.394 e. The molecular weight excluding hydrogens is 227 g/mol. The zero-order valence-electron chi connectivity index (χ0n) is 9.17. The summed E-state index contributed by atoms with van der Waals surface area (Å²) in [6.07, 6.45) is 1.61. The maximum absolute atomic E-state index is 13.2. The van der Waals surface area contributed by atoms with Gasteiger partial charge in [-0.3, -0.25) is 10.1 Å². The average Bonchev–Trinajstić information content (AvgIpc) is 2.76. The van der Waals surface area contributed by atoms with Crippen LogP contribution in [-0.4, -0.2) is 29.2 Å². The van der Waals surface area contributed by atoms with E-state index in [4.69, 9.17) is 0 Å². The van der Waals surface area contributed by atoms with Gasteiger partial charge in [-0.2, -0.15) is 0 Å². The predicted molar refractivity (Wildman–Crippen MR) is 60.5 cm³/mol. The molecule has 92 valence electrons. The van der Waals surface area contributed by atoms with Gasteiger partial charge < -0.3 is 10.0 Å². The predicted octanol–water partition coefficient (Wildman–Crippen LogP) is 1.69. The van der Waals surface area contributed by atoms with Crippen LogP contribution < -0.4 is 4.90 Å². The second-order valence-corrected chi connectivity index (χ2v) is 4.06. The first kappa shape index (κ1) is 11.8. The summed E-state index contributed by atoms with van der Waals surface area (Å²) in [6, 6.07) is 3.24. The van der Waals surface area contributed by atoms with E-state index in [0.717, 1.165) is 31.0 Å². The van der Waals surface area contributed by atoms with Crippen molar-refractivity contribution in [3.8, 4) is 0 Å². The van der Waals surface area contributed by atoms with Crippen LogP contribution in [0.15, 0.2) is 18.2 Å². The Kier molecular flexibility index (Phi) is 3.23. The van der Waals surface area contributed by atoms with Gasteiger partial charge in [-0.25, -0.2) is 4.39 Å². The summed E-state index contributed by atoms with van der Waals surface area (Å²) in [4.78, 5) is 12.1. The molecular formula is C11H13FN2O3. The molecule has 0 aromatic heterocycles. The maximum atomic E-state index is 13.2. The molecule has 2 rings (SSSR count). The number of hydrogen-bond donors (Lipinski definition) is 1. The summed E-state index contributed by atoms with van der Waals surface area (Å²) in [5.41, 5.74) is 0.137. The van der Waals surface area contributed by atoms with Crippen molar-refractivity contribution in [2.45, 2.75) is 18.9 Å². The molecule has 1 heterocycles. The minimum Gasteiger partial charge on any atom is -0.394 e. The van der Waals surface area contributed by atoms with Crippen molar-refractivity contribution in [3.05, 3.63) is 34.1 Å². The number of benzene rings is 1. The molecule has 0 amide bonds. The number of hydrogen-bond acceptors (Lipinski definition) is 4. The van der Waals surface area contributed by atoms with Gasteiger partial charge in [-0.1, -0.05) is 0 Å². The lowest BCUT2D eigenvalue weighted by atomic mass is 10.2. The van der Waals surface area contributed by atoms with E-state index >= 15 is 0 Å². The number of nitrogens with zero attached hydrogens (tertiary/aromatic N) is 2. The number of aliphatic hydroxyl groups is 1. The summed E-state index contributed by atoms with van der Waals surface area (Å²) in [6.45, 7) is 0.531. The normalized spacial score (nSPS) is 19.6. The van der Waals surface area contributed by atoms with E-state index in [1.54, 1.807) is 4.90 Å². The summed E-state index contributed by atoms with van der Waals surface area (Å²) in [5.74, 6) is -0.505. The van der Waals surface area contributed by atoms with Crippen LogP contribution in [-0.2, 0) is 0 Å². The summed E-state index contributed by atoms with van der Waals surface area (Å²) in [5, 5.41) is 20.1. The maximum Gasteiger partial charge on any atom is 0.292 e. The monoisotopic (exact) mass is 240 g/mol. The fourth-order valence-electron chi connectivity index (χ4n) is 2.22. The Labute approximate surface area is 97.6 Å². The number of nitro benzene ring substituents is 1. The van der Waals surface area contributed by atoms with Crippen molar-refractivity contribution in [1.82, 2.24) is 0 Å². The number of nitro groups is 1. The molecule has 1 fully saturated rings. The third-order valence-electron chi connectivity index (χ3n) is 3.03. The van der Waals surface area contributed by atoms with E-state index < -0.39 is 10.7 Å². The highest BCUT2D eigenvalue weighted by atomic mass is 19.1. The Morgan fingerprint density at radius 1 is 1.59 bits per heavy atom. The van der Waals surface area contributed by atoms with E-state index in [0.29, 0.717) is 6.54 Å². The molecule has 5 nitrogen and oxygen atoms in total. The van der Waals surface area contributed by atoms with Crippen molar-refractivity contribution in [3.63, 3.8) is 0 Å². The van der Waals surface area contributed by atoms with Gasteiger partial charge in [0.15, 0.2) is 0 Å². The van der Waals surface area contributed by atoms with Gasteiger partial charge in [0.1, 0.15) is 11.5 Å². The van der Waals surface area contributed by atoms with Crippen LogP contribution in [0, 0.1) is 15.9 Å². The third-order valence-corrected chi connectivity index (χ3v) is 3.03. The molecule has 1 atom stereocenters. The number of aliphatic hydroxyl groups excluding tert-OH is 1. The molecule has 0 saturated carbocycles. The van der Waals surface area contributed by atoms with E-state index in [1.165, 1.54) is 0 Å². The molecule has 0 unspecified atom stereocenters. The Morgan fingerprint density at radius 3 is 3.00 bits per heavy atom. The highest BCUT2D eigenvalue weighted by molar-refractivity contribution is 5.64. The minimum atomic E-state index is -0.526. The molecule has 1 aromatic carbocycles. The number of rotatable bonds is 3. The van der Waals surface area contributed by atoms with Crippen LogP contribution in [0.1, 0.15) is 12.8 Å². The Morgan fingerprint density at radius 2 is 2.35 bits per heavy atom. The lowest BCUT2D eigenvalue weighted by molar-refractivity contribution is -0.384. The first-order valence-corrected chi connectivity index (χ1v) is 5.45. The number of halogens is 1. The zero-order chi connectivity index (χ0) is 12.4. The summed E-state index contributed by atoms with van der Waals surface area (Å²) >= 11 is 0. The van der Waals surface area contributed by atoms with Crippen molar-refractivity contribution < 1.29 is 14.4 Å². The van der Waals surface area contributed by atoms with Gasteiger partial charge >= 0.3 is 0 Å². The van der Waals surface area contributed by atoms with Crippen LogP contribution in [0.3, 0.4) is 0 Å². The molecule has 17 heavy (non-hydrogen) atoms. The van der Waals surface area contributed by atoms with Gasteiger partial charge in [0, 0.05) is 18.7 Å². The lowest BCUT2D eigenvalue weighted by Gasteiger charge is -2.24. The Bertz CT molecular complexity index is 439. The van der Waals surface area contributed by atoms with Crippen LogP contribution in [0.4, 0.5) is 15.8 Å². The van der Waals surface area contributed by atoms with Gasteiger partial charge in [-0.05, 0) is 18.9 Å². The number of anilines is 1. The SMILES string of the molecule is O=[N+]([O-])c1ccc(F)cc1N1CCC[C@@H]1CO. The van der Waals surface area contributed by atoms with E-state index in [-0.39, 0.29) is 24.0 Å². The van der Waals surface area contributed by atoms with Crippen molar-refractivity contribution in [2.24, 2.45) is 0 Å². The third kappa shape index (κ3) is 2.21. The second-order valence-electron chi connectivity index (χ2n) is 4.06. The van der Waals surface area contributed by atoms with Crippen LogP contribution >= 0.6 is 0 Å². The van der Waals surface area contributed by atoms with Gasteiger partial charge in [0.2, 0.25) is 0 Å². The molecule has 0 spiro atoms. The minimum absolute atomic E-state index is 0.0757. The second kappa shape index (κ2) is 4.67. The van der Waals surface area contributed by atoms with Crippen molar-refractivity contribution >= 4 is 11.4 Å². The molecule has 1 N–H and O–H groups in total. The Balaban J connectivity index is 2.42. The molecule has 0 radical (unpaired) electrons. The molecule has 1 aliphatic heterocycles. The standard InChI is InChI=1S/C11H13FN2O3/c12-8-3-4-10(14(16)17)11(6-8)13-5-1-2-9(13)7-15/h3-4,6,9,15H,1-2,5,7H2/t9-/m1/s1. The van der Waals surface area contributed by atoms with Crippen LogP contribution in [0.2, 0.25) is 0 Å². The lowest BCUT2D eigenvalue weighted by Crippen LogP contribution is -2.32. The quantitative estimate of drug-likeness (QED) is 0.645. The van der Waals surface area contributed by atoms with E-state index in [1.807, 2.05) is 0 Å². The summed E-state index contributed by atoms with van der Waals surface area (Å²) < 4.78 is 13.2. The zero-order valence-corrected chi connectivity index (χ0v) is 9.17. The van der Waals surface area contributed by atoms with Crippen LogP contribution in [0.25, 0.3) is 0 Å². The van der Waals surface area contributed by atoms with Crippen LogP contribution in [0.5, 0.6) is 0 Å². The van der Waals surface area contributed by atoms with E-state index in [9.17, 15) is 19.6 Å². The average molecular weight is 240 g/mol. The molecule has 6 heteroatoms. The molecule has 0 aliphatic carbocycles. The molecule has 0 bridgehead atoms. The molecule has 1 aromatic rings. The van der Waals surface area contributed by atoms with Gasteiger partial charge in [0.05, 0.1) is 17.6 Å². The smallest absolute Gasteiger partial charge is 0.292 e. The molecule has 1 saturated heterocycles. The van der Waals surface area contributed by atoms with E-state index in [2.05, 4.69) is 0 Å². The first-order chi connectivity index (χ1) is 8.13. The van der Waals surface area contributed by atoms with Gasteiger partial charge in [-0.15, -0.1) is 0 Å². The van der Waals surface area contributed by atoms with Crippen molar-refractivity contribution in [1.29, 1.82) is 0 Å². The summed E-state index contributed by atoms with van der Waals surface area (Å²) in [7, 11) is 0. The highest BCUT2D eigenvalue weighted by Gasteiger charge is 2.29. The fraction of sp³-hybridized carbons (Fsp3) is 0.455. The van der Waals surface area contributed by atoms with Crippen molar-refractivity contribution in [2.75, 3.05) is 18.1 Å². The Hall–Kier alpha value is -1.69. The first-order valence-electron chi connectivity index (χ1n) is 5.45.